The third kappa shape index (κ3) is 5.26. The first kappa shape index (κ1) is 23.2. The molecule has 0 radical (unpaired) electrons. The van der Waals surface area contributed by atoms with E-state index in [0.29, 0.717) is 55.4 Å². The molecule has 7 nitrogen and oxygen atoms in total. The third-order valence-electron chi connectivity index (χ3n) is 6.08. The van der Waals surface area contributed by atoms with Gasteiger partial charge in [0.1, 0.15) is 17.4 Å². The summed E-state index contributed by atoms with van der Waals surface area (Å²) in [5, 5.41) is 0. The second-order valence-corrected chi connectivity index (χ2v) is 9.46. The van der Waals surface area contributed by atoms with E-state index >= 15 is 0 Å². The highest BCUT2D eigenvalue weighted by Crippen LogP contribution is 2.24. The highest BCUT2D eigenvalue weighted by molar-refractivity contribution is 7.79. The number of amides is 1. The zero-order valence-corrected chi connectivity index (χ0v) is 20.1. The van der Waals surface area contributed by atoms with Crippen LogP contribution in [-0.2, 0) is 17.6 Å². The molecule has 0 aliphatic carbocycles. The number of rotatable bonds is 6. The second kappa shape index (κ2) is 9.97. The maximum Gasteiger partial charge on any atom is 0.254 e. The van der Waals surface area contributed by atoms with Crippen molar-refractivity contribution in [2.45, 2.75) is 6.54 Å². The average molecular weight is 493 g/mol. The normalized spacial score (nSPS) is 15.3. The van der Waals surface area contributed by atoms with Crippen molar-refractivity contribution in [2.24, 2.45) is 0 Å². The van der Waals surface area contributed by atoms with Gasteiger partial charge in [-0.2, -0.15) is 0 Å². The SMILES string of the molecule is CS(=O)Oc1ccc(-c2nc3ccc(C(=O)N4CCN(Cc5ccccc5F)CC4)cc3[nH]2)cc1. The molecular weight excluding hydrogens is 467 g/mol. The Labute approximate surface area is 205 Å². The molecule has 1 aromatic heterocycles. The fraction of sp³-hybridized carbons (Fsp3) is 0.231. The van der Waals surface area contributed by atoms with Crippen LogP contribution < -0.4 is 4.18 Å². The highest BCUT2D eigenvalue weighted by Gasteiger charge is 2.23. The Morgan fingerprint density at radius 3 is 2.51 bits per heavy atom. The molecule has 0 spiro atoms. The molecule has 1 N–H and O–H groups in total. The van der Waals surface area contributed by atoms with Crippen molar-refractivity contribution in [1.82, 2.24) is 19.8 Å². The minimum atomic E-state index is -1.38. The molecule has 2 heterocycles. The van der Waals surface area contributed by atoms with Crippen LogP contribution in [0.3, 0.4) is 0 Å². The van der Waals surface area contributed by atoms with Gasteiger partial charge in [-0.25, -0.2) is 13.6 Å². The van der Waals surface area contributed by atoms with Crippen molar-refractivity contribution in [3.8, 4) is 17.1 Å². The van der Waals surface area contributed by atoms with Gasteiger partial charge in [-0.05, 0) is 48.5 Å². The fourth-order valence-electron chi connectivity index (χ4n) is 4.24. The van der Waals surface area contributed by atoms with Crippen molar-refractivity contribution >= 4 is 28.0 Å². The molecule has 9 heteroatoms. The summed E-state index contributed by atoms with van der Waals surface area (Å²) < 4.78 is 30.4. The molecule has 1 unspecified atom stereocenters. The topological polar surface area (TPSA) is 78.5 Å². The quantitative estimate of drug-likeness (QED) is 0.440. The molecule has 1 amide bonds. The molecule has 5 rings (SSSR count). The monoisotopic (exact) mass is 492 g/mol. The molecule has 1 saturated heterocycles. The first-order valence-corrected chi connectivity index (χ1v) is 12.8. The van der Waals surface area contributed by atoms with Crippen molar-refractivity contribution in [3.05, 3.63) is 83.7 Å². The zero-order valence-electron chi connectivity index (χ0n) is 19.2. The molecule has 1 atom stereocenters. The molecule has 3 aromatic carbocycles. The Hall–Kier alpha value is -3.56. The molecule has 180 valence electrons. The van der Waals surface area contributed by atoms with Crippen LogP contribution in [0.2, 0.25) is 0 Å². The van der Waals surface area contributed by atoms with Gasteiger partial charge in [0.15, 0.2) is 0 Å². The van der Waals surface area contributed by atoms with Crippen LogP contribution in [-0.4, -0.2) is 62.3 Å². The van der Waals surface area contributed by atoms with Gasteiger partial charge in [0.2, 0.25) is 11.1 Å². The van der Waals surface area contributed by atoms with Crippen molar-refractivity contribution in [1.29, 1.82) is 0 Å². The lowest BCUT2D eigenvalue weighted by atomic mass is 10.1. The summed E-state index contributed by atoms with van der Waals surface area (Å²) in [5.74, 6) is 0.977. The number of nitrogens with zero attached hydrogens (tertiary/aromatic N) is 3. The van der Waals surface area contributed by atoms with Crippen LogP contribution in [0.5, 0.6) is 5.75 Å². The van der Waals surface area contributed by atoms with Gasteiger partial charge in [-0.15, -0.1) is 0 Å². The number of aromatic nitrogens is 2. The van der Waals surface area contributed by atoms with E-state index in [1.807, 2.05) is 35.2 Å². The third-order valence-corrected chi connectivity index (χ3v) is 6.51. The van der Waals surface area contributed by atoms with E-state index in [-0.39, 0.29) is 11.7 Å². The Morgan fingerprint density at radius 1 is 1.06 bits per heavy atom. The lowest BCUT2D eigenvalue weighted by Gasteiger charge is -2.34. The Bertz CT molecular complexity index is 1380. The summed E-state index contributed by atoms with van der Waals surface area (Å²) in [4.78, 5) is 25.1. The molecule has 35 heavy (non-hydrogen) atoms. The van der Waals surface area contributed by atoms with Gasteiger partial charge in [-0.1, -0.05) is 18.2 Å². The van der Waals surface area contributed by atoms with E-state index in [2.05, 4.69) is 14.9 Å². The lowest BCUT2D eigenvalue weighted by molar-refractivity contribution is 0.0627. The average Bonchev–Trinajstić information content (AvgIpc) is 3.29. The molecular formula is C26H25FN4O3S. The number of aromatic amines is 1. The summed E-state index contributed by atoms with van der Waals surface area (Å²) in [6.45, 7) is 3.12. The maximum atomic E-state index is 14.0. The summed E-state index contributed by atoms with van der Waals surface area (Å²) in [5.41, 5.74) is 3.68. The van der Waals surface area contributed by atoms with E-state index in [4.69, 9.17) is 4.18 Å². The van der Waals surface area contributed by atoms with E-state index in [0.717, 1.165) is 16.6 Å². The maximum absolute atomic E-state index is 14.0. The smallest absolute Gasteiger partial charge is 0.254 e. The number of benzene rings is 3. The standard InChI is InChI=1S/C26H25FN4O3S/c1-35(33)34-21-9-6-18(7-10-21)25-28-23-11-8-19(16-24(23)29-25)26(32)31-14-12-30(13-15-31)17-20-4-2-3-5-22(20)27/h2-11,16H,12-15,17H2,1H3,(H,28,29). The molecule has 1 fully saturated rings. The van der Waals surface area contributed by atoms with Gasteiger partial charge in [0.05, 0.1) is 11.0 Å². The van der Waals surface area contributed by atoms with Crippen LogP contribution >= 0.6 is 0 Å². The van der Waals surface area contributed by atoms with Crippen molar-refractivity contribution in [3.63, 3.8) is 0 Å². The molecule has 1 aliphatic heterocycles. The number of nitrogens with one attached hydrogen (secondary N) is 1. The van der Waals surface area contributed by atoms with Crippen LogP contribution in [0.1, 0.15) is 15.9 Å². The molecule has 0 saturated carbocycles. The number of halogens is 1. The predicted molar refractivity (Wildman–Crippen MR) is 134 cm³/mol. The Morgan fingerprint density at radius 2 is 1.80 bits per heavy atom. The van der Waals surface area contributed by atoms with E-state index in [1.165, 1.54) is 12.3 Å². The van der Waals surface area contributed by atoms with Gasteiger partial charge in [0, 0.05) is 55.7 Å². The van der Waals surface area contributed by atoms with Crippen molar-refractivity contribution in [2.75, 3.05) is 32.4 Å². The minimum Gasteiger partial charge on any atom is -0.401 e. The van der Waals surface area contributed by atoms with Crippen LogP contribution in [0.15, 0.2) is 66.7 Å². The number of fused-ring (bicyclic) bond motifs is 1. The Kier molecular flexibility index (Phi) is 6.61. The van der Waals surface area contributed by atoms with Gasteiger partial charge >= 0.3 is 0 Å². The van der Waals surface area contributed by atoms with Crippen LogP contribution in [0, 0.1) is 5.82 Å². The van der Waals surface area contributed by atoms with E-state index in [1.54, 1.807) is 30.3 Å². The number of H-pyrrole nitrogens is 1. The Balaban J connectivity index is 1.25. The largest absolute Gasteiger partial charge is 0.401 e. The number of piperazine rings is 1. The van der Waals surface area contributed by atoms with E-state index in [9.17, 15) is 13.4 Å². The second-order valence-electron chi connectivity index (χ2n) is 8.49. The molecule has 4 aromatic rings. The summed E-state index contributed by atoms with van der Waals surface area (Å²) in [6, 6.07) is 19.4. The zero-order chi connectivity index (χ0) is 24.4. The van der Waals surface area contributed by atoms with Gasteiger partial charge in [-0.3, -0.25) is 9.69 Å². The summed E-state index contributed by atoms with van der Waals surface area (Å²) in [6.07, 6.45) is 1.47. The van der Waals surface area contributed by atoms with Crippen LogP contribution in [0.25, 0.3) is 22.4 Å². The highest BCUT2D eigenvalue weighted by atomic mass is 32.2. The number of hydrogen-bond acceptors (Lipinski definition) is 5. The molecule has 0 bridgehead atoms. The first-order valence-electron chi connectivity index (χ1n) is 11.3. The number of carbonyl (C=O) groups excluding carboxylic acids is 1. The van der Waals surface area contributed by atoms with Gasteiger partial charge in [0.25, 0.3) is 5.91 Å². The lowest BCUT2D eigenvalue weighted by Crippen LogP contribution is -2.48. The summed E-state index contributed by atoms with van der Waals surface area (Å²) >= 11 is -1.38. The fourth-order valence-corrected chi connectivity index (χ4v) is 4.62. The minimum absolute atomic E-state index is 0.0253. The first-order chi connectivity index (χ1) is 17.0. The molecule has 1 aliphatic rings. The predicted octanol–water partition coefficient (Wildman–Crippen LogP) is 4.00. The van der Waals surface area contributed by atoms with Gasteiger partial charge < -0.3 is 14.1 Å². The number of hydrogen-bond donors (Lipinski definition) is 1. The van der Waals surface area contributed by atoms with Crippen LogP contribution in [0.4, 0.5) is 4.39 Å². The number of carbonyl (C=O) groups is 1. The summed E-state index contributed by atoms with van der Waals surface area (Å²) in [7, 11) is 0. The van der Waals surface area contributed by atoms with E-state index < -0.39 is 11.1 Å². The van der Waals surface area contributed by atoms with Crippen molar-refractivity contribution < 1.29 is 17.6 Å². The number of imidazole rings is 1.